The predicted molar refractivity (Wildman–Crippen MR) is 79.8 cm³/mol. The van der Waals surface area contributed by atoms with Crippen LogP contribution in [0, 0.1) is 13.8 Å². The van der Waals surface area contributed by atoms with Crippen molar-refractivity contribution in [1.29, 1.82) is 0 Å². The summed E-state index contributed by atoms with van der Waals surface area (Å²) in [5.74, 6) is -0.134. The molecule has 0 aliphatic rings. The Morgan fingerprint density at radius 1 is 1.30 bits per heavy atom. The van der Waals surface area contributed by atoms with Crippen LogP contribution in [-0.2, 0) is 6.54 Å². The third kappa shape index (κ3) is 3.24. The number of hydrogen-bond acceptors (Lipinski definition) is 3. The lowest BCUT2D eigenvalue weighted by atomic mass is 10.2. The quantitative estimate of drug-likeness (QED) is 0.875. The molecule has 1 heterocycles. The van der Waals surface area contributed by atoms with E-state index >= 15 is 0 Å². The molecule has 0 saturated carbocycles. The van der Waals surface area contributed by atoms with Gasteiger partial charge in [0.1, 0.15) is 0 Å². The molecular weight excluding hydrogens is 252 g/mol. The highest BCUT2D eigenvalue weighted by Crippen LogP contribution is 2.13. The number of nitrogens with two attached hydrogens (primary N) is 1. The second-order valence-electron chi connectivity index (χ2n) is 4.83. The predicted octanol–water partition coefficient (Wildman–Crippen LogP) is 2.10. The fourth-order valence-corrected chi connectivity index (χ4v) is 1.97. The fourth-order valence-electron chi connectivity index (χ4n) is 1.97. The molecule has 0 fully saturated rings. The Morgan fingerprint density at radius 3 is 2.65 bits per heavy atom. The topological polar surface area (TPSA) is 72.9 Å². The van der Waals surface area contributed by atoms with Crippen LogP contribution in [0.2, 0.25) is 0 Å². The summed E-state index contributed by atoms with van der Waals surface area (Å²) in [5, 5.41) is 7.11. The zero-order chi connectivity index (χ0) is 14.5. The normalized spacial score (nSPS) is 10.6. The minimum atomic E-state index is -0.134. The Hall–Kier alpha value is -2.14. The number of aromatic nitrogens is 2. The van der Waals surface area contributed by atoms with Gasteiger partial charge in [0.2, 0.25) is 0 Å². The first kappa shape index (κ1) is 14.3. The molecule has 0 aliphatic heterocycles. The monoisotopic (exact) mass is 272 g/mol. The molecule has 0 saturated heterocycles. The van der Waals surface area contributed by atoms with E-state index in [0.717, 1.165) is 29.9 Å². The van der Waals surface area contributed by atoms with Crippen LogP contribution in [-0.4, -0.2) is 22.2 Å². The van der Waals surface area contributed by atoms with Crippen LogP contribution in [0.25, 0.3) is 0 Å². The van der Waals surface area contributed by atoms with Gasteiger partial charge < -0.3 is 11.1 Å². The highest BCUT2D eigenvalue weighted by Gasteiger charge is 2.14. The maximum Gasteiger partial charge on any atom is 0.259 e. The molecule has 5 heteroatoms. The van der Waals surface area contributed by atoms with Crippen LogP contribution >= 0.6 is 0 Å². The summed E-state index contributed by atoms with van der Waals surface area (Å²) in [4.78, 5) is 12.2. The van der Waals surface area contributed by atoms with Gasteiger partial charge in [0, 0.05) is 17.9 Å². The van der Waals surface area contributed by atoms with Crippen molar-refractivity contribution in [2.45, 2.75) is 26.8 Å². The molecule has 106 valence electrons. The van der Waals surface area contributed by atoms with E-state index in [2.05, 4.69) is 10.4 Å². The van der Waals surface area contributed by atoms with Crippen LogP contribution in [0.4, 0.5) is 5.69 Å². The van der Waals surface area contributed by atoms with Crippen molar-refractivity contribution in [3.63, 3.8) is 0 Å². The first-order valence-corrected chi connectivity index (χ1v) is 6.72. The SMILES string of the molecule is Cc1ccc(NC(=O)c2cnn(CCCN)c2C)cc1. The lowest BCUT2D eigenvalue weighted by molar-refractivity contribution is 0.102. The molecule has 1 aromatic heterocycles. The largest absolute Gasteiger partial charge is 0.330 e. The van der Waals surface area contributed by atoms with Crippen molar-refractivity contribution < 1.29 is 4.79 Å². The van der Waals surface area contributed by atoms with Crippen molar-refractivity contribution in [2.24, 2.45) is 5.73 Å². The van der Waals surface area contributed by atoms with E-state index in [1.807, 2.05) is 42.8 Å². The maximum atomic E-state index is 12.2. The Kier molecular flexibility index (Phi) is 4.53. The number of carbonyl (C=O) groups is 1. The molecule has 20 heavy (non-hydrogen) atoms. The second kappa shape index (κ2) is 6.34. The third-order valence-electron chi connectivity index (χ3n) is 3.23. The summed E-state index contributed by atoms with van der Waals surface area (Å²) in [6, 6.07) is 7.71. The van der Waals surface area contributed by atoms with Gasteiger partial charge in [0.15, 0.2) is 0 Å². The van der Waals surface area contributed by atoms with Gasteiger partial charge in [-0.1, -0.05) is 17.7 Å². The van der Waals surface area contributed by atoms with Gasteiger partial charge in [-0.25, -0.2) is 0 Å². The molecule has 2 rings (SSSR count). The number of rotatable bonds is 5. The Morgan fingerprint density at radius 2 is 2.00 bits per heavy atom. The average Bonchev–Trinajstić information content (AvgIpc) is 2.80. The van der Waals surface area contributed by atoms with Gasteiger partial charge in [-0.2, -0.15) is 5.10 Å². The highest BCUT2D eigenvalue weighted by molar-refractivity contribution is 6.04. The van der Waals surface area contributed by atoms with E-state index in [1.54, 1.807) is 6.20 Å². The van der Waals surface area contributed by atoms with E-state index in [9.17, 15) is 4.79 Å². The van der Waals surface area contributed by atoms with Crippen LogP contribution < -0.4 is 11.1 Å². The summed E-state index contributed by atoms with van der Waals surface area (Å²) in [7, 11) is 0. The Labute approximate surface area is 118 Å². The van der Waals surface area contributed by atoms with Gasteiger partial charge >= 0.3 is 0 Å². The number of aryl methyl sites for hydroxylation is 2. The van der Waals surface area contributed by atoms with Crippen LogP contribution in [0.3, 0.4) is 0 Å². The van der Waals surface area contributed by atoms with Gasteiger partial charge in [-0.05, 0) is 38.9 Å². The molecule has 0 radical (unpaired) electrons. The molecule has 5 nitrogen and oxygen atoms in total. The van der Waals surface area contributed by atoms with Gasteiger partial charge in [0.05, 0.1) is 11.8 Å². The molecule has 2 aromatic rings. The summed E-state index contributed by atoms with van der Waals surface area (Å²) in [6.45, 7) is 5.26. The minimum absolute atomic E-state index is 0.134. The molecule has 0 unspecified atom stereocenters. The number of anilines is 1. The molecule has 0 bridgehead atoms. The third-order valence-corrected chi connectivity index (χ3v) is 3.23. The van der Waals surface area contributed by atoms with Crippen LogP contribution in [0.15, 0.2) is 30.5 Å². The van der Waals surface area contributed by atoms with E-state index in [0.29, 0.717) is 12.1 Å². The second-order valence-corrected chi connectivity index (χ2v) is 4.83. The molecule has 0 aliphatic carbocycles. The van der Waals surface area contributed by atoms with E-state index < -0.39 is 0 Å². The average molecular weight is 272 g/mol. The molecule has 1 aromatic carbocycles. The zero-order valence-electron chi connectivity index (χ0n) is 11.9. The van der Waals surface area contributed by atoms with Gasteiger partial charge in [-0.3, -0.25) is 9.48 Å². The molecule has 3 N–H and O–H groups in total. The first-order valence-electron chi connectivity index (χ1n) is 6.72. The number of nitrogens with one attached hydrogen (secondary N) is 1. The fraction of sp³-hybridized carbons (Fsp3) is 0.333. The molecule has 0 spiro atoms. The molecule has 1 amide bonds. The number of amides is 1. The number of nitrogens with zero attached hydrogens (tertiary/aromatic N) is 2. The van der Waals surface area contributed by atoms with E-state index in [1.165, 1.54) is 0 Å². The standard InChI is InChI=1S/C15H20N4O/c1-11-4-6-13(7-5-11)18-15(20)14-10-17-19(12(14)2)9-3-8-16/h4-7,10H,3,8-9,16H2,1-2H3,(H,18,20). The number of hydrogen-bond donors (Lipinski definition) is 2. The summed E-state index contributed by atoms with van der Waals surface area (Å²) in [6.07, 6.45) is 2.46. The van der Waals surface area contributed by atoms with Gasteiger partial charge in [-0.15, -0.1) is 0 Å². The number of carbonyl (C=O) groups excluding carboxylic acids is 1. The Balaban J connectivity index is 2.09. The maximum absolute atomic E-state index is 12.2. The van der Waals surface area contributed by atoms with Gasteiger partial charge in [0.25, 0.3) is 5.91 Å². The summed E-state index contributed by atoms with van der Waals surface area (Å²) in [5.41, 5.74) is 8.90. The van der Waals surface area contributed by atoms with Crippen molar-refractivity contribution in [3.05, 3.63) is 47.3 Å². The molecular formula is C15H20N4O. The first-order chi connectivity index (χ1) is 9.61. The smallest absolute Gasteiger partial charge is 0.259 e. The number of benzene rings is 1. The Bertz CT molecular complexity index is 586. The lowest BCUT2D eigenvalue weighted by Gasteiger charge is -2.06. The van der Waals surface area contributed by atoms with Crippen molar-refractivity contribution in [3.8, 4) is 0 Å². The summed E-state index contributed by atoms with van der Waals surface area (Å²) < 4.78 is 1.82. The summed E-state index contributed by atoms with van der Waals surface area (Å²) >= 11 is 0. The minimum Gasteiger partial charge on any atom is -0.330 e. The molecule has 0 atom stereocenters. The van der Waals surface area contributed by atoms with Crippen molar-refractivity contribution in [2.75, 3.05) is 11.9 Å². The van der Waals surface area contributed by atoms with Crippen molar-refractivity contribution >= 4 is 11.6 Å². The lowest BCUT2D eigenvalue weighted by Crippen LogP contribution is -2.14. The van der Waals surface area contributed by atoms with Crippen LogP contribution in [0.5, 0.6) is 0 Å². The van der Waals surface area contributed by atoms with E-state index in [4.69, 9.17) is 5.73 Å². The highest BCUT2D eigenvalue weighted by atomic mass is 16.1. The zero-order valence-corrected chi connectivity index (χ0v) is 11.9. The van der Waals surface area contributed by atoms with Crippen LogP contribution in [0.1, 0.15) is 28.0 Å². The van der Waals surface area contributed by atoms with Crippen molar-refractivity contribution in [1.82, 2.24) is 9.78 Å². The van der Waals surface area contributed by atoms with E-state index in [-0.39, 0.29) is 5.91 Å².